The molecule has 5 nitrogen and oxygen atoms in total. The summed E-state index contributed by atoms with van der Waals surface area (Å²) in [5.41, 5.74) is 0.869. The Balaban J connectivity index is 1.69. The summed E-state index contributed by atoms with van der Waals surface area (Å²) in [5, 5.41) is 0. The van der Waals surface area contributed by atoms with E-state index in [1.807, 2.05) is 19.1 Å². The van der Waals surface area contributed by atoms with Gasteiger partial charge in [0.05, 0.1) is 10.9 Å². The number of ether oxygens (including phenoxy) is 1. The Morgan fingerprint density at radius 2 is 2.18 bits per heavy atom. The molecule has 0 aliphatic carbocycles. The molecule has 3 rings (SSSR count). The molecule has 118 valence electrons. The molecule has 8 heteroatoms. The molecule has 1 saturated heterocycles. The van der Waals surface area contributed by atoms with Crippen LogP contribution in [0.1, 0.15) is 12.1 Å². The van der Waals surface area contributed by atoms with Crippen molar-refractivity contribution < 1.29 is 13.2 Å². The normalized spacial score (nSPS) is 19.5. The SMILES string of the molecule is Cc1cccc(O[C@@H]2CCN(S(=O)(=O)c3ccc(Cl)s3)C2)n1. The second kappa shape index (κ2) is 6.16. The highest BCUT2D eigenvalue weighted by Crippen LogP contribution is 2.30. The lowest BCUT2D eigenvalue weighted by atomic mass is 10.3. The molecule has 1 aliphatic heterocycles. The smallest absolute Gasteiger partial charge is 0.252 e. The third kappa shape index (κ3) is 3.27. The van der Waals surface area contributed by atoms with Gasteiger partial charge < -0.3 is 4.74 Å². The number of rotatable bonds is 4. The van der Waals surface area contributed by atoms with Gasteiger partial charge in [-0.25, -0.2) is 13.4 Å². The van der Waals surface area contributed by atoms with Gasteiger partial charge in [0, 0.05) is 18.3 Å². The zero-order valence-corrected chi connectivity index (χ0v) is 14.3. The van der Waals surface area contributed by atoms with Crippen molar-refractivity contribution in [3.63, 3.8) is 0 Å². The van der Waals surface area contributed by atoms with Crippen LogP contribution >= 0.6 is 22.9 Å². The van der Waals surface area contributed by atoms with Crippen molar-refractivity contribution in [2.45, 2.75) is 23.7 Å². The first-order chi connectivity index (χ1) is 10.4. The van der Waals surface area contributed by atoms with Gasteiger partial charge in [0.1, 0.15) is 10.3 Å². The van der Waals surface area contributed by atoms with E-state index in [9.17, 15) is 8.42 Å². The molecule has 1 atom stereocenters. The fourth-order valence-corrected chi connectivity index (χ4v) is 5.45. The molecule has 0 unspecified atom stereocenters. The average Bonchev–Trinajstić information content (AvgIpc) is 3.08. The highest BCUT2D eigenvalue weighted by atomic mass is 35.5. The number of thiophene rings is 1. The van der Waals surface area contributed by atoms with Crippen LogP contribution in [0.25, 0.3) is 0 Å². The lowest BCUT2D eigenvalue weighted by molar-refractivity contribution is 0.206. The molecule has 2 aromatic rings. The quantitative estimate of drug-likeness (QED) is 0.843. The van der Waals surface area contributed by atoms with Crippen LogP contribution in [-0.4, -0.2) is 36.9 Å². The Kier molecular flexibility index (Phi) is 4.40. The van der Waals surface area contributed by atoms with Gasteiger partial charge in [0.25, 0.3) is 10.0 Å². The van der Waals surface area contributed by atoms with Crippen molar-refractivity contribution in [1.82, 2.24) is 9.29 Å². The second-order valence-electron chi connectivity index (χ2n) is 5.07. The molecule has 1 fully saturated rings. The molecular weight excluding hydrogens is 344 g/mol. The summed E-state index contributed by atoms with van der Waals surface area (Å²) in [5.74, 6) is 0.531. The zero-order valence-electron chi connectivity index (χ0n) is 11.9. The average molecular weight is 359 g/mol. The van der Waals surface area contributed by atoms with E-state index in [2.05, 4.69) is 4.98 Å². The minimum absolute atomic E-state index is 0.181. The van der Waals surface area contributed by atoms with Gasteiger partial charge in [0.15, 0.2) is 0 Å². The van der Waals surface area contributed by atoms with Gasteiger partial charge in [-0.3, -0.25) is 0 Å². The van der Waals surface area contributed by atoms with Gasteiger partial charge in [-0.05, 0) is 31.5 Å². The minimum atomic E-state index is -3.48. The molecule has 1 aliphatic rings. The second-order valence-corrected chi connectivity index (χ2v) is 8.95. The lowest BCUT2D eigenvalue weighted by Crippen LogP contribution is -2.30. The Morgan fingerprint density at radius 3 is 2.86 bits per heavy atom. The number of hydrogen-bond acceptors (Lipinski definition) is 5. The molecule has 0 saturated carbocycles. The van der Waals surface area contributed by atoms with Gasteiger partial charge in [-0.1, -0.05) is 17.7 Å². The summed E-state index contributed by atoms with van der Waals surface area (Å²) in [4.78, 5) is 4.28. The molecule has 3 heterocycles. The van der Waals surface area contributed by atoms with Crippen LogP contribution in [0.3, 0.4) is 0 Å². The Hall–Kier alpha value is -1.15. The molecule has 0 bridgehead atoms. The number of aryl methyl sites for hydroxylation is 1. The lowest BCUT2D eigenvalue weighted by Gasteiger charge is -2.16. The number of halogens is 1. The summed E-state index contributed by atoms with van der Waals surface area (Å²) in [6.45, 7) is 2.65. The standard InChI is InChI=1S/C14H15ClN2O3S2/c1-10-3-2-4-13(16-10)20-11-7-8-17(9-11)22(18,19)14-6-5-12(15)21-14/h2-6,11H,7-9H2,1H3/t11-/m1/s1. The number of sulfonamides is 1. The van der Waals surface area contributed by atoms with E-state index in [1.165, 1.54) is 4.31 Å². The van der Waals surface area contributed by atoms with Gasteiger partial charge >= 0.3 is 0 Å². The van der Waals surface area contributed by atoms with Crippen molar-refractivity contribution in [2.24, 2.45) is 0 Å². The summed E-state index contributed by atoms with van der Waals surface area (Å²) < 4.78 is 33.0. The van der Waals surface area contributed by atoms with E-state index in [1.54, 1.807) is 18.2 Å². The molecule has 0 radical (unpaired) electrons. The highest BCUT2D eigenvalue weighted by Gasteiger charge is 2.34. The maximum atomic E-state index is 12.5. The van der Waals surface area contributed by atoms with Crippen LogP contribution in [0, 0.1) is 6.92 Å². The largest absolute Gasteiger partial charge is 0.473 e. The molecule has 2 aromatic heterocycles. The molecule has 0 spiro atoms. The van der Waals surface area contributed by atoms with Gasteiger partial charge in [0.2, 0.25) is 5.88 Å². The van der Waals surface area contributed by atoms with E-state index in [-0.39, 0.29) is 10.3 Å². The maximum Gasteiger partial charge on any atom is 0.252 e. The first kappa shape index (κ1) is 15.7. The monoisotopic (exact) mass is 358 g/mol. The van der Waals surface area contributed by atoms with Crippen LogP contribution in [0.5, 0.6) is 5.88 Å². The van der Waals surface area contributed by atoms with Gasteiger partial charge in [-0.15, -0.1) is 11.3 Å². The predicted molar refractivity (Wildman–Crippen MR) is 86.1 cm³/mol. The van der Waals surface area contributed by atoms with E-state index >= 15 is 0 Å². The van der Waals surface area contributed by atoms with Crippen LogP contribution < -0.4 is 4.74 Å². The van der Waals surface area contributed by atoms with Crippen LogP contribution in [0.15, 0.2) is 34.5 Å². The molecule has 0 N–H and O–H groups in total. The first-order valence-electron chi connectivity index (χ1n) is 6.81. The van der Waals surface area contributed by atoms with Crippen LogP contribution in [0.2, 0.25) is 4.34 Å². The Labute approximate surface area is 138 Å². The third-order valence-electron chi connectivity index (χ3n) is 3.40. The van der Waals surface area contributed by atoms with Crippen LogP contribution in [0.4, 0.5) is 0 Å². The Bertz CT molecular complexity index is 776. The van der Waals surface area contributed by atoms with E-state index in [4.69, 9.17) is 16.3 Å². The van der Waals surface area contributed by atoms with E-state index in [0.717, 1.165) is 17.0 Å². The number of hydrogen-bond donors (Lipinski definition) is 0. The maximum absolute atomic E-state index is 12.5. The van der Waals surface area contributed by atoms with Crippen molar-refractivity contribution in [3.05, 3.63) is 40.4 Å². The summed E-state index contributed by atoms with van der Waals surface area (Å²) >= 11 is 6.90. The summed E-state index contributed by atoms with van der Waals surface area (Å²) in [6, 6.07) is 8.68. The predicted octanol–water partition coefficient (Wildman–Crippen LogP) is 2.95. The first-order valence-corrected chi connectivity index (χ1v) is 9.44. The number of nitrogens with zero attached hydrogens (tertiary/aromatic N) is 2. The number of aromatic nitrogens is 1. The topological polar surface area (TPSA) is 59.5 Å². The van der Waals surface area contributed by atoms with E-state index in [0.29, 0.717) is 29.7 Å². The third-order valence-corrected chi connectivity index (χ3v) is 6.96. The van der Waals surface area contributed by atoms with Gasteiger partial charge in [-0.2, -0.15) is 4.31 Å². The Morgan fingerprint density at radius 1 is 1.36 bits per heavy atom. The van der Waals surface area contributed by atoms with E-state index < -0.39 is 10.0 Å². The van der Waals surface area contributed by atoms with Crippen molar-refractivity contribution in [1.29, 1.82) is 0 Å². The molecule has 0 amide bonds. The zero-order chi connectivity index (χ0) is 15.7. The van der Waals surface area contributed by atoms with Crippen molar-refractivity contribution >= 4 is 33.0 Å². The number of pyridine rings is 1. The molecule has 0 aromatic carbocycles. The van der Waals surface area contributed by atoms with Crippen molar-refractivity contribution in [3.8, 4) is 5.88 Å². The summed E-state index contributed by atoms with van der Waals surface area (Å²) in [7, 11) is -3.48. The molecular formula is C14H15ClN2O3S2. The fourth-order valence-electron chi connectivity index (χ4n) is 2.33. The van der Waals surface area contributed by atoms with Crippen molar-refractivity contribution in [2.75, 3.05) is 13.1 Å². The summed E-state index contributed by atoms with van der Waals surface area (Å²) in [6.07, 6.45) is 0.466. The minimum Gasteiger partial charge on any atom is -0.473 e. The fraction of sp³-hybridized carbons (Fsp3) is 0.357. The van der Waals surface area contributed by atoms with Crippen LogP contribution in [-0.2, 0) is 10.0 Å². The highest BCUT2D eigenvalue weighted by molar-refractivity contribution is 7.91. The molecule has 22 heavy (non-hydrogen) atoms.